The van der Waals surface area contributed by atoms with Gasteiger partial charge in [-0.25, -0.2) is 0 Å². The van der Waals surface area contributed by atoms with Crippen LogP contribution < -0.4 is 4.74 Å². The van der Waals surface area contributed by atoms with E-state index in [2.05, 4.69) is 28.6 Å². The maximum Gasteiger partial charge on any atom is 2.00 e. The number of likely N-dealkylation sites (tertiary alicyclic amines) is 1. The van der Waals surface area contributed by atoms with Gasteiger partial charge in [0, 0.05) is 6.54 Å². The van der Waals surface area contributed by atoms with Gasteiger partial charge in [0.2, 0.25) is 0 Å². The number of ether oxygens (including phenoxy) is 1. The molecular formula is C22H32F3N3O2W. The topological polar surface area (TPSA) is 70.6 Å². The molecule has 3 aliphatic rings. The van der Waals surface area contributed by atoms with Crippen molar-refractivity contribution in [3.05, 3.63) is 40.5 Å². The monoisotopic (exact) mass is 611 g/mol. The van der Waals surface area contributed by atoms with Crippen LogP contribution in [-0.2, 0) is 33.9 Å². The van der Waals surface area contributed by atoms with Gasteiger partial charge in [-0.15, -0.1) is 6.04 Å². The Balaban J connectivity index is 0.000000433. The molecule has 0 aromatic heterocycles. The molecule has 0 spiro atoms. The first-order chi connectivity index (χ1) is 14.4. The van der Waals surface area contributed by atoms with Crippen molar-refractivity contribution in [1.82, 2.24) is 4.90 Å². The summed E-state index contributed by atoms with van der Waals surface area (Å²) in [5.41, 5.74) is 12.3. The third-order valence-corrected chi connectivity index (χ3v) is 6.47. The van der Waals surface area contributed by atoms with E-state index in [9.17, 15) is 18.4 Å². The Hall–Kier alpha value is -0.662. The summed E-state index contributed by atoms with van der Waals surface area (Å²) >= 11 is 0. The standard InChI is InChI=1S/C20H29N2O2.C2H3F3N.W/c23-21-20-16-4-5-17(20)13-18-14-19(7-6-15(18)12-16)24-11-10-22-8-2-1-3-9-22;3-2(4,5)1-6;/h6-7,14,16-17,20,23H,1-5,8-13H2;6H,1H2;/q2*-1;+2/t16-,17+,20?;;/m0../s1. The molecule has 2 fully saturated rings. The summed E-state index contributed by atoms with van der Waals surface area (Å²) in [5.74, 6) is 2.03. The van der Waals surface area contributed by atoms with Crippen LogP contribution in [0.2, 0.25) is 0 Å². The van der Waals surface area contributed by atoms with Gasteiger partial charge in [-0.3, -0.25) is 4.90 Å². The van der Waals surface area contributed by atoms with E-state index < -0.39 is 12.7 Å². The second-order valence-electron chi connectivity index (χ2n) is 8.59. The molecule has 1 aromatic carbocycles. The van der Waals surface area contributed by atoms with Gasteiger partial charge < -0.3 is 21.2 Å². The molecule has 1 unspecified atom stereocenters. The summed E-state index contributed by atoms with van der Waals surface area (Å²) in [5, 5.41) is 9.37. The Kier molecular flexibility index (Phi) is 10.8. The summed E-state index contributed by atoms with van der Waals surface area (Å²) in [6, 6.07) is 6.74. The number of benzene rings is 1. The maximum atomic E-state index is 10.6. The Morgan fingerprint density at radius 3 is 2.26 bits per heavy atom. The third kappa shape index (κ3) is 8.00. The number of hydrogen-bond donors (Lipinski definition) is 1. The molecule has 0 radical (unpaired) electrons. The number of nitrogens with one attached hydrogen (secondary N) is 1. The van der Waals surface area contributed by atoms with E-state index >= 15 is 0 Å². The summed E-state index contributed by atoms with van der Waals surface area (Å²) in [6.07, 6.45) is 4.23. The zero-order chi connectivity index (χ0) is 21.6. The number of alkyl halides is 3. The molecule has 1 saturated heterocycles. The SMILES string of the molecule is O[N-]C1[C@@H]2CC[C@H]1Cc1ccc(OCCN3CCCCC3)cc1C2.[NH-]CC(F)(F)F.[W+2]. The molecule has 2 aliphatic carbocycles. The van der Waals surface area contributed by atoms with Crippen LogP contribution >= 0.6 is 0 Å². The molecule has 3 atom stereocenters. The van der Waals surface area contributed by atoms with Crippen LogP contribution in [-0.4, -0.2) is 55.1 Å². The van der Waals surface area contributed by atoms with Crippen LogP contribution in [0.3, 0.4) is 0 Å². The number of piperidine rings is 1. The van der Waals surface area contributed by atoms with Crippen LogP contribution in [0.25, 0.3) is 11.2 Å². The van der Waals surface area contributed by atoms with Gasteiger partial charge in [-0.1, -0.05) is 43.7 Å². The number of hydroxylamine groups is 1. The average Bonchev–Trinajstić information content (AvgIpc) is 3.03. The second kappa shape index (κ2) is 12.5. The van der Waals surface area contributed by atoms with Crippen molar-refractivity contribution >= 4 is 0 Å². The molecule has 1 saturated carbocycles. The van der Waals surface area contributed by atoms with Gasteiger partial charge in [0.25, 0.3) is 0 Å². The molecule has 1 aliphatic heterocycles. The van der Waals surface area contributed by atoms with Crippen molar-refractivity contribution in [2.24, 2.45) is 11.8 Å². The molecule has 1 aromatic rings. The largest absolute Gasteiger partial charge is 2.00 e. The minimum Gasteiger partial charge on any atom is -0.670 e. The van der Waals surface area contributed by atoms with Crippen LogP contribution in [0.1, 0.15) is 43.2 Å². The minimum absolute atomic E-state index is 0. The van der Waals surface area contributed by atoms with E-state index in [1.807, 2.05) is 0 Å². The van der Waals surface area contributed by atoms with Gasteiger partial charge in [-0.05, 0) is 62.0 Å². The van der Waals surface area contributed by atoms with Crippen molar-refractivity contribution < 1.29 is 44.2 Å². The summed E-state index contributed by atoms with van der Waals surface area (Å²) < 4.78 is 37.8. The fourth-order valence-corrected chi connectivity index (χ4v) is 4.91. The van der Waals surface area contributed by atoms with Crippen molar-refractivity contribution in [1.29, 1.82) is 0 Å². The Bertz CT molecular complexity index is 672. The number of hydrogen-bond acceptors (Lipinski definition) is 3. The number of nitrogens with zero attached hydrogens (tertiary/aromatic N) is 2. The summed E-state index contributed by atoms with van der Waals surface area (Å²) in [6.45, 7) is 2.78. The van der Waals surface area contributed by atoms with E-state index in [1.54, 1.807) is 0 Å². The average molecular weight is 611 g/mol. The third-order valence-electron chi connectivity index (χ3n) is 6.47. The number of rotatable bonds is 5. The van der Waals surface area contributed by atoms with Gasteiger partial charge in [0.15, 0.2) is 0 Å². The molecular weight excluding hydrogens is 579 g/mol. The van der Waals surface area contributed by atoms with Crippen LogP contribution in [0, 0.1) is 11.8 Å². The molecule has 31 heavy (non-hydrogen) atoms. The van der Waals surface area contributed by atoms with E-state index in [0.717, 1.165) is 31.7 Å². The second-order valence-corrected chi connectivity index (χ2v) is 8.59. The van der Waals surface area contributed by atoms with Crippen molar-refractivity contribution in [3.63, 3.8) is 0 Å². The molecule has 9 heteroatoms. The number of fused-ring (bicyclic) bond motifs is 3. The first kappa shape index (κ1) is 26.6. The van der Waals surface area contributed by atoms with E-state index in [0.29, 0.717) is 11.8 Å². The molecule has 0 amide bonds. The fourth-order valence-electron chi connectivity index (χ4n) is 4.91. The van der Waals surface area contributed by atoms with Crippen molar-refractivity contribution in [2.75, 3.05) is 32.8 Å². The maximum absolute atomic E-state index is 10.6. The Morgan fingerprint density at radius 2 is 1.68 bits per heavy atom. The van der Waals surface area contributed by atoms with E-state index in [4.69, 9.17) is 10.5 Å². The summed E-state index contributed by atoms with van der Waals surface area (Å²) in [4.78, 5) is 2.51. The quantitative estimate of drug-likeness (QED) is 0.454. The predicted octanol–water partition coefficient (Wildman–Crippen LogP) is 5.41. The van der Waals surface area contributed by atoms with Crippen LogP contribution in [0.15, 0.2) is 18.2 Å². The van der Waals surface area contributed by atoms with Crippen LogP contribution in [0.4, 0.5) is 13.2 Å². The first-order valence-electron chi connectivity index (χ1n) is 10.9. The van der Waals surface area contributed by atoms with Gasteiger partial charge >= 0.3 is 27.2 Å². The zero-order valence-corrected chi connectivity index (χ0v) is 20.7. The van der Waals surface area contributed by atoms with Crippen LogP contribution in [0.5, 0.6) is 5.75 Å². The molecule has 1 heterocycles. The van der Waals surface area contributed by atoms with Gasteiger partial charge in [0.05, 0.1) is 0 Å². The van der Waals surface area contributed by atoms with Gasteiger partial charge in [-0.2, -0.15) is 13.2 Å². The van der Waals surface area contributed by atoms with Gasteiger partial charge in [0.1, 0.15) is 12.4 Å². The van der Waals surface area contributed by atoms with E-state index in [1.165, 1.54) is 56.3 Å². The first-order valence-corrected chi connectivity index (χ1v) is 10.9. The minimum atomic E-state index is -4.29. The smallest absolute Gasteiger partial charge is 0.670 e. The normalized spacial score (nSPS) is 25.5. The molecule has 4 rings (SSSR count). The Morgan fingerprint density at radius 1 is 1.06 bits per heavy atom. The fraction of sp³-hybridized carbons (Fsp3) is 0.727. The summed E-state index contributed by atoms with van der Waals surface area (Å²) in [7, 11) is 0. The van der Waals surface area contributed by atoms with Crippen molar-refractivity contribution in [3.8, 4) is 5.75 Å². The molecule has 5 nitrogen and oxygen atoms in total. The van der Waals surface area contributed by atoms with E-state index in [-0.39, 0.29) is 27.1 Å². The Labute approximate surface area is 197 Å². The predicted molar refractivity (Wildman–Crippen MR) is 110 cm³/mol. The number of halogens is 3. The molecule has 2 bridgehead atoms. The zero-order valence-electron chi connectivity index (χ0n) is 17.7. The molecule has 174 valence electrons. The van der Waals surface area contributed by atoms with Crippen molar-refractivity contribution in [2.45, 2.75) is 57.2 Å². The molecule has 2 N–H and O–H groups in total.